The molecule has 0 amide bonds. The number of ether oxygens (including phenoxy) is 1. The topological polar surface area (TPSA) is 33.0 Å². The summed E-state index contributed by atoms with van der Waals surface area (Å²) < 4.78 is 19.2. The van der Waals surface area contributed by atoms with Crippen molar-refractivity contribution in [2.24, 2.45) is 0 Å². The second-order valence-electron chi connectivity index (χ2n) is 3.15. The van der Waals surface area contributed by atoms with Crippen molar-refractivity contribution in [2.75, 3.05) is 6.61 Å². The van der Waals surface area contributed by atoms with E-state index in [1.54, 1.807) is 6.07 Å². The smallest absolute Gasteiger partial charge is 0.130 e. The number of nitriles is 1. The Morgan fingerprint density at radius 1 is 1.57 bits per heavy atom. The van der Waals surface area contributed by atoms with Gasteiger partial charge in [0.2, 0.25) is 0 Å². The van der Waals surface area contributed by atoms with Crippen molar-refractivity contribution in [3.05, 3.63) is 33.5 Å². The fourth-order valence-electron chi connectivity index (χ4n) is 1.56. The van der Waals surface area contributed by atoms with Gasteiger partial charge in [-0.1, -0.05) is 15.9 Å². The Labute approximate surface area is 89.4 Å². The molecule has 0 saturated heterocycles. The number of hydrogen-bond donors (Lipinski definition) is 0. The molecule has 0 bridgehead atoms. The van der Waals surface area contributed by atoms with E-state index in [4.69, 9.17) is 10.00 Å². The Hall–Kier alpha value is -0.920. The molecule has 1 aromatic rings. The molecule has 2 nitrogen and oxygen atoms in total. The van der Waals surface area contributed by atoms with Gasteiger partial charge in [0, 0.05) is 10.0 Å². The molecule has 0 fully saturated rings. The summed E-state index contributed by atoms with van der Waals surface area (Å²) in [7, 11) is 0. The summed E-state index contributed by atoms with van der Waals surface area (Å²) in [6.07, 6.45) is 0. The summed E-state index contributed by atoms with van der Waals surface area (Å²) in [6.45, 7) is 0.603. The predicted molar refractivity (Wildman–Crippen MR) is 52.1 cm³/mol. The number of rotatable bonds is 0. The largest absolute Gasteiger partial charge is 0.375 e. The van der Waals surface area contributed by atoms with E-state index in [1.807, 2.05) is 0 Å². The number of benzene rings is 1. The van der Waals surface area contributed by atoms with E-state index in [-0.39, 0.29) is 18.3 Å². The van der Waals surface area contributed by atoms with Gasteiger partial charge in [-0.3, -0.25) is 0 Å². The highest BCUT2D eigenvalue weighted by molar-refractivity contribution is 9.10. The van der Waals surface area contributed by atoms with Gasteiger partial charge >= 0.3 is 0 Å². The van der Waals surface area contributed by atoms with Gasteiger partial charge < -0.3 is 4.74 Å². The highest BCUT2D eigenvalue weighted by atomic mass is 79.9. The zero-order chi connectivity index (χ0) is 10.1. The standard InChI is InChI=1S/C10H7BrFNO/c11-7-1-8-6(3-13)4-14-5-9(8)10(12)2-7/h1-2,6H,4-5H2. The monoisotopic (exact) mass is 255 g/mol. The summed E-state index contributed by atoms with van der Waals surface area (Å²) in [5.41, 5.74) is 1.25. The molecule has 1 atom stereocenters. The summed E-state index contributed by atoms with van der Waals surface area (Å²) in [4.78, 5) is 0. The molecule has 1 unspecified atom stereocenters. The van der Waals surface area contributed by atoms with Crippen molar-refractivity contribution >= 4 is 15.9 Å². The molecule has 1 aliphatic heterocycles. The Morgan fingerprint density at radius 3 is 3.07 bits per heavy atom. The first-order valence-corrected chi connectivity index (χ1v) is 4.97. The molecule has 2 rings (SSSR count). The van der Waals surface area contributed by atoms with E-state index in [1.165, 1.54) is 6.07 Å². The molecule has 14 heavy (non-hydrogen) atoms. The van der Waals surface area contributed by atoms with Gasteiger partial charge in [-0.2, -0.15) is 5.26 Å². The first-order chi connectivity index (χ1) is 6.72. The van der Waals surface area contributed by atoms with Crippen molar-refractivity contribution < 1.29 is 9.13 Å². The van der Waals surface area contributed by atoms with E-state index in [0.717, 1.165) is 5.56 Å². The van der Waals surface area contributed by atoms with Crippen LogP contribution < -0.4 is 0 Å². The quantitative estimate of drug-likeness (QED) is 0.715. The maximum atomic E-state index is 13.4. The zero-order valence-electron chi connectivity index (χ0n) is 7.26. The Bertz CT molecular complexity index is 413. The predicted octanol–water partition coefficient (Wildman–Crippen LogP) is 2.73. The SMILES string of the molecule is N#CC1COCc2c(F)cc(Br)cc21. The van der Waals surface area contributed by atoms with Gasteiger partial charge in [0.1, 0.15) is 5.82 Å². The van der Waals surface area contributed by atoms with Crippen LogP contribution in [0.2, 0.25) is 0 Å². The third kappa shape index (κ3) is 1.54. The van der Waals surface area contributed by atoms with Crippen LogP contribution in [-0.2, 0) is 11.3 Å². The minimum absolute atomic E-state index is 0.257. The molecule has 1 aliphatic rings. The molecular weight excluding hydrogens is 249 g/mol. The van der Waals surface area contributed by atoms with Crippen LogP contribution in [0, 0.1) is 17.1 Å². The Balaban J connectivity index is 2.58. The summed E-state index contributed by atoms with van der Waals surface area (Å²) in [5, 5.41) is 8.85. The Kier molecular flexibility index (Phi) is 2.53. The lowest BCUT2D eigenvalue weighted by Gasteiger charge is -2.21. The average Bonchev–Trinajstić information content (AvgIpc) is 2.17. The van der Waals surface area contributed by atoms with Crippen molar-refractivity contribution in [2.45, 2.75) is 12.5 Å². The highest BCUT2D eigenvalue weighted by Gasteiger charge is 2.23. The first-order valence-electron chi connectivity index (χ1n) is 4.17. The van der Waals surface area contributed by atoms with Gasteiger partial charge in [-0.05, 0) is 17.7 Å². The number of hydrogen-bond acceptors (Lipinski definition) is 2. The average molecular weight is 256 g/mol. The lowest BCUT2D eigenvalue weighted by molar-refractivity contribution is 0.0993. The maximum absolute atomic E-state index is 13.4. The van der Waals surface area contributed by atoms with Crippen molar-refractivity contribution in [3.8, 4) is 6.07 Å². The van der Waals surface area contributed by atoms with Crippen molar-refractivity contribution in [1.29, 1.82) is 5.26 Å². The molecule has 0 spiro atoms. The van der Waals surface area contributed by atoms with Gasteiger partial charge in [0.25, 0.3) is 0 Å². The minimum Gasteiger partial charge on any atom is -0.375 e. The fourth-order valence-corrected chi connectivity index (χ4v) is 2.01. The van der Waals surface area contributed by atoms with Crippen molar-refractivity contribution in [1.82, 2.24) is 0 Å². The van der Waals surface area contributed by atoms with Crippen LogP contribution in [0.25, 0.3) is 0 Å². The lowest BCUT2D eigenvalue weighted by atomic mass is 9.94. The molecule has 4 heteroatoms. The molecule has 1 aromatic carbocycles. The zero-order valence-corrected chi connectivity index (χ0v) is 8.84. The van der Waals surface area contributed by atoms with E-state index < -0.39 is 0 Å². The van der Waals surface area contributed by atoms with E-state index in [0.29, 0.717) is 16.6 Å². The third-order valence-electron chi connectivity index (χ3n) is 2.26. The summed E-state index contributed by atoms with van der Waals surface area (Å²) in [5.74, 6) is -0.667. The number of nitrogens with zero attached hydrogens (tertiary/aromatic N) is 1. The number of halogens is 2. The van der Waals surface area contributed by atoms with Crippen LogP contribution in [0.4, 0.5) is 4.39 Å². The first kappa shape index (κ1) is 9.63. The van der Waals surface area contributed by atoms with Crippen LogP contribution in [-0.4, -0.2) is 6.61 Å². The van der Waals surface area contributed by atoms with Crippen molar-refractivity contribution in [3.63, 3.8) is 0 Å². The van der Waals surface area contributed by atoms with Gasteiger partial charge in [-0.25, -0.2) is 4.39 Å². The van der Waals surface area contributed by atoms with Crippen LogP contribution in [0.5, 0.6) is 0 Å². The molecule has 0 N–H and O–H groups in total. The van der Waals surface area contributed by atoms with Crippen LogP contribution in [0.1, 0.15) is 17.0 Å². The Morgan fingerprint density at radius 2 is 2.36 bits per heavy atom. The molecule has 72 valence electrons. The minimum atomic E-state index is -0.356. The second-order valence-corrected chi connectivity index (χ2v) is 4.07. The molecular formula is C10H7BrFNO. The third-order valence-corrected chi connectivity index (χ3v) is 2.71. The number of fused-ring (bicyclic) bond motifs is 1. The fraction of sp³-hybridized carbons (Fsp3) is 0.300. The molecule has 1 heterocycles. The van der Waals surface area contributed by atoms with E-state index >= 15 is 0 Å². The normalized spacial score (nSPS) is 19.9. The van der Waals surface area contributed by atoms with E-state index in [9.17, 15) is 4.39 Å². The molecule has 0 saturated carbocycles. The molecule has 0 aromatic heterocycles. The highest BCUT2D eigenvalue weighted by Crippen LogP contribution is 2.30. The van der Waals surface area contributed by atoms with Gasteiger partial charge in [-0.15, -0.1) is 0 Å². The van der Waals surface area contributed by atoms with Crippen LogP contribution >= 0.6 is 15.9 Å². The molecule has 0 radical (unpaired) electrons. The second kappa shape index (κ2) is 3.68. The van der Waals surface area contributed by atoms with Gasteiger partial charge in [0.15, 0.2) is 0 Å². The molecule has 0 aliphatic carbocycles. The lowest BCUT2D eigenvalue weighted by Crippen LogP contribution is -2.16. The van der Waals surface area contributed by atoms with Crippen LogP contribution in [0.15, 0.2) is 16.6 Å². The summed E-state index contributed by atoms with van der Waals surface area (Å²) in [6, 6.07) is 5.28. The van der Waals surface area contributed by atoms with Crippen LogP contribution in [0.3, 0.4) is 0 Å². The maximum Gasteiger partial charge on any atom is 0.130 e. The summed E-state index contributed by atoms with van der Waals surface area (Å²) >= 11 is 3.21. The van der Waals surface area contributed by atoms with Gasteiger partial charge in [0.05, 0.1) is 25.2 Å². The van der Waals surface area contributed by atoms with E-state index in [2.05, 4.69) is 22.0 Å².